The van der Waals surface area contributed by atoms with Gasteiger partial charge in [-0.15, -0.1) is 13.2 Å². The van der Waals surface area contributed by atoms with Gasteiger partial charge in [-0.3, -0.25) is 4.90 Å². The smallest absolute Gasteiger partial charge is 0.406 e. The first-order chi connectivity index (χ1) is 11.5. The molecule has 0 spiro atoms. The minimum Gasteiger partial charge on any atom is -0.406 e. The van der Waals surface area contributed by atoms with Crippen molar-refractivity contribution in [1.29, 1.82) is 0 Å². The van der Waals surface area contributed by atoms with Crippen LogP contribution in [0.5, 0.6) is 5.75 Å². The Bertz CT molecular complexity index is 621. The molecule has 25 heavy (non-hydrogen) atoms. The molecule has 1 aromatic rings. The van der Waals surface area contributed by atoms with Crippen LogP contribution in [-0.4, -0.2) is 30.9 Å². The fraction of sp³-hybridized carbons (Fsp3) is 0.632. The molecule has 0 amide bonds. The Labute approximate surface area is 147 Å². The topological polar surface area (TPSA) is 16.8 Å². The first kappa shape index (κ1) is 19.6. The van der Waals surface area contributed by atoms with Crippen molar-refractivity contribution in [2.45, 2.75) is 46.5 Å². The zero-order valence-electron chi connectivity index (χ0n) is 15.0. The summed E-state index contributed by atoms with van der Waals surface area (Å²) in [6.45, 7) is 16.6. The molecule has 0 unspecified atom stereocenters. The molecule has 1 aliphatic rings. The van der Waals surface area contributed by atoms with Crippen molar-refractivity contribution >= 4 is 0 Å². The molecule has 0 N–H and O–H groups in total. The SMILES string of the molecule is [C-]#[N+]CC1(C(C)(C)C)CCN(Cc2cccc(OC(F)(F)F)c2)CC1. The highest BCUT2D eigenvalue weighted by Crippen LogP contribution is 2.47. The zero-order valence-corrected chi connectivity index (χ0v) is 15.0. The van der Waals surface area contributed by atoms with Gasteiger partial charge in [0, 0.05) is 12.0 Å². The molecule has 0 atom stereocenters. The predicted octanol–water partition coefficient (Wildman–Crippen LogP) is 5.13. The van der Waals surface area contributed by atoms with Crippen LogP contribution in [0, 0.1) is 17.4 Å². The largest absolute Gasteiger partial charge is 0.573 e. The van der Waals surface area contributed by atoms with Crippen LogP contribution in [0.3, 0.4) is 0 Å². The second kappa shape index (κ2) is 7.25. The van der Waals surface area contributed by atoms with E-state index in [1.54, 1.807) is 6.07 Å². The number of halogens is 3. The van der Waals surface area contributed by atoms with E-state index in [9.17, 15) is 13.2 Å². The number of benzene rings is 1. The van der Waals surface area contributed by atoms with Crippen molar-refractivity contribution in [3.63, 3.8) is 0 Å². The van der Waals surface area contributed by atoms with Gasteiger partial charge >= 0.3 is 6.36 Å². The predicted molar refractivity (Wildman–Crippen MR) is 91.0 cm³/mol. The molecule has 0 saturated carbocycles. The van der Waals surface area contributed by atoms with Crippen molar-refractivity contribution in [3.8, 4) is 5.75 Å². The van der Waals surface area contributed by atoms with E-state index in [4.69, 9.17) is 6.57 Å². The molecule has 0 bridgehead atoms. The normalized spacial score (nSPS) is 18.6. The summed E-state index contributed by atoms with van der Waals surface area (Å²) in [5.41, 5.74) is 0.867. The second-order valence-electron chi connectivity index (χ2n) is 7.82. The van der Waals surface area contributed by atoms with Crippen LogP contribution < -0.4 is 4.74 Å². The summed E-state index contributed by atoms with van der Waals surface area (Å²) >= 11 is 0. The van der Waals surface area contributed by atoms with Gasteiger partial charge in [0.2, 0.25) is 6.54 Å². The highest BCUT2D eigenvalue weighted by Gasteiger charge is 2.46. The number of hydrogen-bond acceptors (Lipinski definition) is 2. The Morgan fingerprint density at radius 2 is 1.84 bits per heavy atom. The van der Waals surface area contributed by atoms with Gasteiger partial charge < -0.3 is 9.58 Å². The number of ether oxygens (including phenoxy) is 1. The summed E-state index contributed by atoms with van der Waals surface area (Å²) in [5, 5.41) is 0. The Kier molecular flexibility index (Phi) is 5.68. The summed E-state index contributed by atoms with van der Waals surface area (Å²) in [6.07, 6.45) is -2.81. The minimum atomic E-state index is -4.67. The minimum absolute atomic E-state index is 0.00644. The lowest BCUT2D eigenvalue weighted by atomic mass is 9.61. The highest BCUT2D eigenvalue weighted by atomic mass is 19.4. The van der Waals surface area contributed by atoms with E-state index < -0.39 is 6.36 Å². The molecular weight excluding hydrogens is 329 g/mol. The van der Waals surface area contributed by atoms with Gasteiger partial charge in [0.05, 0.1) is 0 Å². The quantitative estimate of drug-likeness (QED) is 0.697. The number of nitrogens with zero attached hydrogens (tertiary/aromatic N) is 2. The lowest BCUT2D eigenvalue weighted by molar-refractivity contribution is -0.274. The lowest BCUT2D eigenvalue weighted by Gasteiger charge is -2.46. The average molecular weight is 354 g/mol. The van der Waals surface area contributed by atoms with Crippen LogP contribution in [0.2, 0.25) is 0 Å². The summed E-state index contributed by atoms with van der Waals surface area (Å²) in [6, 6.07) is 6.15. The van der Waals surface area contributed by atoms with E-state index in [2.05, 4.69) is 35.3 Å². The third-order valence-corrected chi connectivity index (χ3v) is 5.32. The monoisotopic (exact) mass is 354 g/mol. The van der Waals surface area contributed by atoms with Gasteiger partial charge in [0.25, 0.3) is 0 Å². The van der Waals surface area contributed by atoms with Crippen LogP contribution >= 0.6 is 0 Å². The van der Waals surface area contributed by atoms with Crippen LogP contribution in [0.15, 0.2) is 24.3 Å². The maximum atomic E-state index is 12.3. The molecule has 6 heteroatoms. The van der Waals surface area contributed by atoms with E-state index >= 15 is 0 Å². The molecule has 2 rings (SSSR count). The van der Waals surface area contributed by atoms with Crippen molar-refractivity contribution in [1.82, 2.24) is 4.90 Å². The van der Waals surface area contributed by atoms with Gasteiger partial charge in [0.15, 0.2) is 0 Å². The average Bonchev–Trinajstić information content (AvgIpc) is 2.47. The third kappa shape index (κ3) is 5.12. The molecule has 0 radical (unpaired) electrons. The summed E-state index contributed by atoms with van der Waals surface area (Å²) in [5.74, 6) is -0.181. The van der Waals surface area contributed by atoms with E-state index in [0.717, 1.165) is 31.5 Å². The number of likely N-dealkylation sites (tertiary alicyclic amines) is 1. The Balaban J connectivity index is 2.00. The molecule has 1 aromatic carbocycles. The summed E-state index contributed by atoms with van der Waals surface area (Å²) in [7, 11) is 0. The van der Waals surface area contributed by atoms with E-state index in [1.807, 2.05) is 6.07 Å². The molecular formula is C19H25F3N2O. The standard InChI is InChI=1S/C19H25F3N2O/c1-17(2,3)18(14-23-4)8-10-24(11-9-18)13-15-6-5-7-16(12-15)25-19(20,21)22/h5-7,12H,8-11,13-14H2,1-3H3. The molecule has 1 saturated heterocycles. The molecule has 138 valence electrons. The van der Waals surface area contributed by atoms with Gasteiger partial charge in [-0.25, -0.2) is 6.57 Å². The Hall–Kier alpha value is -1.74. The van der Waals surface area contributed by atoms with Crippen LogP contribution in [0.4, 0.5) is 13.2 Å². The maximum absolute atomic E-state index is 12.3. The Morgan fingerprint density at radius 3 is 2.36 bits per heavy atom. The van der Waals surface area contributed by atoms with E-state index in [1.165, 1.54) is 12.1 Å². The molecule has 1 heterocycles. The molecule has 1 fully saturated rings. The number of hydrogen-bond donors (Lipinski definition) is 0. The van der Waals surface area contributed by atoms with Crippen LogP contribution in [-0.2, 0) is 6.54 Å². The van der Waals surface area contributed by atoms with Crippen molar-refractivity contribution < 1.29 is 17.9 Å². The fourth-order valence-corrected chi connectivity index (χ4v) is 3.53. The first-order valence-electron chi connectivity index (χ1n) is 8.45. The van der Waals surface area contributed by atoms with Gasteiger partial charge in [-0.1, -0.05) is 32.9 Å². The van der Waals surface area contributed by atoms with Gasteiger partial charge in [-0.2, -0.15) is 0 Å². The molecule has 0 aliphatic carbocycles. The first-order valence-corrected chi connectivity index (χ1v) is 8.45. The summed E-state index contributed by atoms with van der Waals surface area (Å²) in [4.78, 5) is 5.90. The van der Waals surface area contributed by atoms with Gasteiger partial charge in [0.1, 0.15) is 5.75 Å². The fourth-order valence-electron chi connectivity index (χ4n) is 3.53. The van der Waals surface area contributed by atoms with Crippen LogP contribution in [0.1, 0.15) is 39.2 Å². The van der Waals surface area contributed by atoms with Gasteiger partial charge in [-0.05, 0) is 49.0 Å². The van der Waals surface area contributed by atoms with Crippen molar-refractivity contribution in [2.75, 3.05) is 19.6 Å². The van der Waals surface area contributed by atoms with E-state index in [-0.39, 0.29) is 16.6 Å². The van der Waals surface area contributed by atoms with E-state index in [0.29, 0.717) is 13.1 Å². The number of rotatable bonds is 4. The second-order valence-corrected chi connectivity index (χ2v) is 7.82. The maximum Gasteiger partial charge on any atom is 0.573 e. The van der Waals surface area contributed by atoms with Crippen molar-refractivity contribution in [2.24, 2.45) is 10.8 Å². The Morgan fingerprint density at radius 1 is 1.20 bits per heavy atom. The molecule has 3 nitrogen and oxygen atoms in total. The third-order valence-electron chi connectivity index (χ3n) is 5.32. The summed E-state index contributed by atoms with van der Waals surface area (Å²) < 4.78 is 41.0. The lowest BCUT2D eigenvalue weighted by Crippen LogP contribution is -2.47. The van der Waals surface area contributed by atoms with Crippen molar-refractivity contribution in [3.05, 3.63) is 41.2 Å². The van der Waals surface area contributed by atoms with Crippen LogP contribution in [0.25, 0.3) is 4.85 Å². The number of piperidine rings is 1. The molecule has 1 aliphatic heterocycles. The number of alkyl halides is 3. The highest BCUT2D eigenvalue weighted by molar-refractivity contribution is 5.28. The molecule has 0 aromatic heterocycles. The zero-order chi connectivity index (χ0) is 18.7.